The topological polar surface area (TPSA) is 52.7 Å². The fraction of sp³-hybridized carbons (Fsp3) is 0.588. The minimum atomic E-state index is 0.0734. The molecule has 3 atom stereocenters. The molecule has 212 valence electrons. The van der Waals surface area contributed by atoms with Gasteiger partial charge in [-0.3, -0.25) is 14.5 Å². The van der Waals surface area contributed by atoms with Gasteiger partial charge in [0.15, 0.2) is 0 Å². The Bertz CT molecular complexity index is 1110. The van der Waals surface area contributed by atoms with E-state index in [0.29, 0.717) is 11.8 Å². The van der Waals surface area contributed by atoms with E-state index < -0.39 is 0 Å². The van der Waals surface area contributed by atoms with Crippen molar-refractivity contribution in [3.05, 3.63) is 65.7 Å². The molecule has 1 spiro atoms. The summed E-state index contributed by atoms with van der Waals surface area (Å²) in [5.74, 6) is 1.13. The number of carbonyl (C=O) groups excluding carboxylic acids is 2. The lowest BCUT2D eigenvalue weighted by Crippen LogP contribution is -2.62. The Balaban J connectivity index is 0.00000172. The number of benzene rings is 2. The van der Waals surface area contributed by atoms with Gasteiger partial charge >= 0.3 is 0 Å². The number of rotatable bonds is 9. The van der Waals surface area contributed by atoms with Gasteiger partial charge in [-0.25, -0.2) is 0 Å². The van der Waals surface area contributed by atoms with Crippen molar-refractivity contribution in [1.29, 1.82) is 0 Å². The molecule has 2 aromatic carbocycles. The molecule has 0 aromatic heterocycles. The highest BCUT2D eigenvalue weighted by Crippen LogP contribution is 2.55. The predicted molar refractivity (Wildman–Crippen MR) is 160 cm³/mol. The Morgan fingerprint density at radius 2 is 1.62 bits per heavy atom. The van der Waals surface area contributed by atoms with Crippen LogP contribution in [0.3, 0.4) is 0 Å². The zero-order valence-corrected chi connectivity index (χ0v) is 25.0. The number of hydrogen-bond donors (Lipinski definition) is 1. The summed E-state index contributed by atoms with van der Waals surface area (Å²) in [5, 5.41) is 3.13. The third-order valence-electron chi connectivity index (χ3n) is 9.18. The highest BCUT2D eigenvalue weighted by Gasteiger charge is 2.59. The Morgan fingerprint density at radius 1 is 0.974 bits per heavy atom. The Hall–Kier alpha value is -2.66. The molecule has 3 fully saturated rings. The van der Waals surface area contributed by atoms with E-state index in [1.165, 1.54) is 11.1 Å². The molecule has 39 heavy (non-hydrogen) atoms. The van der Waals surface area contributed by atoms with Crippen LogP contribution in [-0.2, 0) is 16.1 Å². The van der Waals surface area contributed by atoms with E-state index in [0.717, 1.165) is 64.1 Å². The van der Waals surface area contributed by atoms with Crippen LogP contribution in [-0.4, -0.2) is 47.8 Å². The van der Waals surface area contributed by atoms with Gasteiger partial charge in [-0.15, -0.1) is 0 Å². The highest BCUT2D eigenvalue weighted by molar-refractivity contribution is 5.92. The fourth-order valence-corrected chi connectivity index (χ4v) is 6.70. The molecule has 1 saturated carbocycles. The van der Waals surface area contributed by atoms with Crippen LogP contribution in [0.5, 0.6) is 0 Å². The number of nitrogens with one attached hydrogen (secondary N) is 1. The average Bonchev–Trinajstić information content (AvgIpc) is 3.40. The van der Waals surface area contributed by atoms with E-state index in [9.17, 15) is 9.59 Å². The molecule has 1 aliphatic carbocycles. The third kappa shape index (κ3) is 6.40. The molecule has 5 heteroatoms. The molecule has 3 unspecified atom stereocenters. The van der Waals surface area contributed by atoms with Gasteiger partial charge < -0.3 is 10.2 Å². The first kappa shape index (κ1) is 29.3. The summed E-state index contributed by atoms with van der Waals surface area (Å²) in [7, 11) is 0. The van der Waals surface area contributed by atoms with Crippen molar-refractivity contribution in [1.82, 2.24) is 9.80 Å². The second-order valence-corrected chi connectivity index (χ2v) is 12.5. The lowest BCUT2D eigenvalue weighted by molar-refractivity contribution is -0.145. The van der Waals surface area contributed by atoms with Crippen molar-refractivity contribution >= 4 is 17.5 Å². The molecular weight excluding hydrogens is 482 g/mol. The Kier molecular flexibility index (Phi) is 9.21. The first-order chi connectivity index (χ1) is 18.7. The number of anilines is 1. The number of carbonyl (C=O) groups is 2. The standard InChI is InChI=1S/C32H43N3O2.C2H6/c1-5-10-24(6-2)29(36)33-26-15-13-25(14-16-26)28-19-34(18-23-11-8-7-9-12-23)20-32(28)21-35(22-32)30(37)27-17-31(27,3)4;1-2/h7-9,11-16,24,27-28H,5-6,10,17-22H2,1-4H3,(H,33,36);1-2H3. The van der Waals surface area contributed by atoms with Crippen molar-refractivity contribution in [2.24, 2.45) is 22.7 Å². The molecule has 2 heterocycles. The SMILES string of the molecule is CC.CCCC(CC)C(=O)Nc1ccc(C2CN(Cc3ccccc3)CC23CN(C(=O)C2CC2(C)C)C3)cc1. The lowest BCUT2D eigenvalue weighted by Gasteiger charge is -2.51. The fourth-order valence-electron chi connectivity index (χ4n) is 6.70. The molecule has 2 saturated heterocycles. The zero-order valence-electron chi connectivity index (χ0n) is 25.0. The summed E-state index contributed by atoms with van der Waals surface area (Å²) in [5.41, 5.74) is 3.79. The third-order valence-corrected chi connectivity index (χ3v) is 9.18. The van der Waals surface area contributed by atoms with Gasteiger partial charge in [0.05, 0.1) is 0 Å². The van der Waals surface area contributed by atoms with Gasteiger partial charge in [0, 0.05) is 61.6 Å². The van der Waals surface area contributed by atoms with Gasteiger partial charge in [-0.05, 0) is 47.9 Å². The smallest absolute Gasteiger partial charge is 0.227 e. The van der Waals surface area contributed by atoms with Crippen molar-refractivity contribution in [2.45, 2.75) is 79.7 Å². The van der Waals surface area contributed by atoms with E-state index >= 15 is 0 Å². The summed E-state index contributed by atoms with van der Waals surface area (Å²) in [6, 6.07) is 19.2. The molecule has 5 rings (SSSR count). The highest BCUT2D eigenvalue weighted by atomic mass is 16.2. The van der Waals surface area contributed by atoms with Crippen LogP contribution in [0.4, 0.5) is 5.69 Å². The normalized spacial score (nSPS) is 23.4. The van der Waals surface area contributed by atoms with Gasteiger partial charge in [-0.1, -0.05) is 90.4 Å². The molecule has 2 aromatic rings. The molecule has 0 radical (unpaired) electrons. The molecular formula is C34H49N3O2. The number of hydrogen-bond acceptors (Lipinski definition) is 3. The predicted octanol–water partition coefficient (Wildman–Crippen LogP) is 6.95. The zero-order chi connectivity index (χ0) is 28.2. The van der Waals surface area contributed by atoms with Crippen molar-refractivity contribution in [3.8, 4) is 0 Å². The number of amides is 2. The summed E-state index contributed by atoms with van der Waals surface area (Å²) in [6.45, 7) is 17.3. The number of likely N-dealkylation sites (tertiary alicyclic amines) is 2. The minimum absolute atomic E-state index is 0.0734. The average molecular weight is 532 g/mol. The minimum Gasteiger partial charge on any atom is -0.341 e. The largest absolute Gasteiger partial charge is 0.341 e. The lowest BCUT2D eigenvalue weighted by atomic mass is 9.68. The maximum Gasteiger partial charge on any atom is 0.227 e. The quantitative estimate of drug-likeness (QED) is 0.381. The van der Waals surface area contributed by atoms with E-state index in [2.05, 4.69) is 97.4 Å². The maximum atomic E-state index is 13.1. The number of nitrogens with zero attached hydrogens (tertiary/aromatic N) is 2. The second-order valence-electron chi connectivity index (χ2n) is 12.5. The molecule has 0 bridgehead atoms. The molecule has 3 aliphatic rings. The van der Waals surface area contributed by atoms with Crippen LogP contribution in [0.15, 0.2) is 54.6 Å². The molecule has 1 N–H and O–H groups in total. The van der Waals surface area contributed by atoms with Gasteiger partial charge in [0.1, 0.15) is 0 Å². The van der Waals surface area contributed by atoms with Gasteiger partial charge in [-0.2, -0.15) is 0 Å². The Labute approximate surface area is 236 Å². The first-order valence-electron chi connectivity index (χ1n) is 15.2. The van der Waals surface area contributed by atoms with Crippen molar-refractivity contribution in [3.63, 3.8) is 0 Å². The summed E-state index contributed by atoms with van der Waals surface area (Å²) in [4.78, 5) is 30.5. The van der Waals surface area contributed by atoms with E-state index in [-0.39, 0.29) is 28.6 Å². The van der Waals surface area contributed by atoms with E-state index in [1.54, 1.807) is 0 Å². The van der Waals surface area contributed by atoms with Gasteiger partial charge in [0.2, 0.25) is 11.8 Å². The second kappa shape index (κ2) is 12.2. The molecule has 2 amide bonds. The van der Waals surface area contributed by atoms with E-state index in [1.807, 2.05) is 13.8 Å². The monoisotopic (exact) mass is 531 g/mol. The van der Waals surface area contributed by atoms with Crippen LogP contribution in [0.25, 0.3) is 0 Å². The Morgan fingerprint density at radius 3 is 2.18 bits per heavy atom. The van der Waals surface area contributed by atoms with Crippen LogP contribution in [0, 0.1) is 22.7 Å². The van der Waals surface area contributed by atoms with Crippen molar-refractivity contribution < 1.29 is 9.59 Å². The van der Waals surface area contributed by atoms with Crippen LogP contribution >= 0.6 is 0 Å². The van der Waals surface area contributed by atoms with Crippen LogP contribution in [0.2, 0.25) is 0 Å². The first-order valence-corrected chi connectivity index (χ1v) is 15.2. The molecule has 5 nitrogen and oxygen atoms in total. The summed E-state index contributed by atoms with van der Waals surface area (Å²) in [6.07, 6.45) is 3.83. The van der Waals surface area contributed by atoms with Crippen LogP contribution in [0.1, 0.15) is 84.3 Å². The summed E-state index contributed by atoms with van der Waals surface area (Å²) >= 11 is 0. The van der Waals surface area contributed by atoms with Crippen molar-refractivity contribution in [2.75, 3.05) is 31.5 Å². The van der Waals surface area contributed by atoms with Crippen LogP contribution < -0.4 is 5.32 Å². The summed E-state index contributed by atoms with van der Waals surface area (Å²) < 4.78 is 0. The maximum absolute atomic E-state index is 13.1. The molecule has 2 aliphatic heterocycles. The van der Waals surface area contributed by atoms with Gasteiger partial charge in [0.25, 0.3) is 0 Å². The van der Waals surface area contributed by atoms with E-state index in [4.69, 9.17) is 0 Å².